The molecule has 2 amide bonds. The van der Waals surface area contributed by atoms with Gasteiger partial charge in [-0.25, -0.2) is 9.40 Å². The Morgan fingerprint density at radius 1 is 1.00 bits per heavy atom. The maximum atomic E-state index is 13.6. The van der Waals surface area contributed by atoms with E-state index in [0.29, 0.717) is 28.7 Å². The molecule has 42 heavy (non-hydrogen) atoms. The van der Waals surface area contributed by atoms with E-state index in [4.69, 9.17) is 9.47 Å². The fourth-order valence-electron chi connectivity index (χ4n) is 4.55. The lowest BCUT2D eigenvalue weighted by molar-refractivity contribution is -0.130. The normalized spacial score (nSPS) is 14.4. The number of aromatic nitrogens is 3. The number of para-hydroxylation sites is 1. The summed E-state index contributed by atoms with van der Waals surface area (Å²) in [4.78, 5) is 26.1. The Bertz CT molecular complexity index is 1610. The molecule has 0 saturated heterocycles. The van der Waals surface area contributed by atoms with Crippen molar-refractivity contribution >= 4 is 29.3 Å². The zero-order chi connectivity index (χ0) is 29.6. The van der Waals surface area contributed by atoms with Crippen LogP contribution >= 0.6 is 11.8 Å². The average molecular weight is 589 g/mol. The number of nitrogens with zero attached hydrogens (tertiary/aromatic N) is 5. The highest BCUT2D eigenvalue weighted by molar-refractivity contribution is 7.99. The van der Waals surface area contributed by atoms with E-state index in [2.05, 4.69) is 20.6 Å². The molecule has 0 radical (unpaired) electrons. The van der Waals surface area contributed by atoms with Crippen LogP contribution in [0.5, 0.6) is 11.5 Å². The van der Waals surface area contributed by atoms with Crippen molar-refractivity contribution in [2.45, 2.75) is 24.2 Å². The number of carbonyl (C=O) groups is 2. The lowest BCUT2D eigenvalue weighted by Crippen LogP contribution is -2.28. The van der Waals surface area contributed by atoms with Crippen molar-refractivity contribution < 1.29 is 23.5 Å². The summed E-state index contributed by atoms with van der Waals surface area (Å²) in [7, 11) is 4.88. The number of hydrogen-bond acceptors (Lipinski definition) is 8. The third-order valence-corrected chi connectivity index (χ3v) is 7.86. The van der Waals surface area contributed by atoms with Crippen LogP contribution in [0.15, 0.2) is 83.1 Å². The van der Waals surface area contributed by atoms with Gasteiger partial charge < -0.3 is 19.4 Å². The molecule has 12 heteroatoms. The van der Waals surface area contributed by atoms with Gasteiger partial charge in [-0.3, -0.25) is 9.59 Å². The number of carbonyl (C=O) groups excluding carboxylic acids is 2. The van der Waals surface area contributed by atoms with E-state index in [9.17, 15) is 14.0 Å². The lowest BCUT2D eigenvalue weighted by Gasteiger charge is -2.22. The van der Waals surface area contributed by atoms with Crippen molar-refractivity contribution in [3.63, 3.8) is 0 Å². The average Bonchev–Trinajstić information content (AvgIpc) is 3.63. The summed E-state index contributed by atoms with van der Waals surface area (Å²) >= 11 is 1.22. The number of ether oxygens (including phenoxy) is 2. The number of hydrazone groups is 1. The monoisotopic (exact) mass is 588 g/mol. The first-order valence-corrected chi connectivity index (χ1v) is 14.1. The molecule has 1 aliphatic rings. The fourth-order valence-corrected chi connectivity index (χ4v) is 5.33. The summed E-state index contributed by atoms with van der Waals surface area (Å²) in [5.41, 5.74) is 2.82. The highest BCUT2D eigenvalue weighted by Gasteiger charge is 2.33. The van der Waals surface area contributed by atoms with E-state index < -0.39 is 0 Å². The van der Waals surface area contributed by atoms with Crippen LogP contribution in [0.25, 0.3) is 0 Å². The van der Waals surface area contributed by atoms with Crippen molar-refractivity contribution in [2.24, 2.45) is 12.1 Å². The second-order valence-corrected chi connectivity index (χ2v) is 10.4. The number of hydrogen-bond donors (Lipinski definition) is 1. The maximum absolute atomic E-state index is 13.6. The number of nitrogens with one attached hydrogen (secondary N) is 1. The maximum Gasteiger partial charge on any atom is 0.255 e. The predicted molar refractivity (Wildman–Crippen MR) is 156 cm³/mol. The number of thioether (sulfide) groups is 1. The summed E-state index contributed by atoms with van der Waals surface area (Å²) in [5.74, 6) is 0.895. The molecular weight excluding hydrogens is 559 g/mol. The molecule has 1 N–H and O–H groups in total. The lowest BCUT2D eigenvalue weighted by atomic mass is 9.98. The number of benzene rings is 3. The van der Waals surface area contributed by atoms with Gasteiger partial charge in [0, 0.05) is 13.5 Å². The number of methoxy groups -OCH3 is 2. The molecule has 1 aliphatic heterocycles. The van der Waals surface area contributed by atoms with Crippen LogP contribution in [0.3, 0.4) is 0 Å². The van der Waals surface area contributed by atoms with Gasteiger partial charge in [-0.2, -0.15) is 5.10 Å². The smallest absolute Gasteiger partial charge is 0.255 e. The van der Waals surface area contributed by atoms with Gasteiger partial charge in [-0.15, -0.1) is 10.2 Å². The quantitative estimate of drug-likeness (QED) is 0.274. The minimum Gasteiger partial charge on any atom is -0.497 e. The summed E-state index contributed by atoms with van der Waals surface area (Å²) in [6, 6.07) is 20.2. The van der Waals surface area contributed by atoms with Gasteiger partial charge in [0.25, 0.3) is 11.8 Å². The third kappa shape index (κ3) is 6.28. The largest absolute Gasteiger partial charge is 0.497 e. The molecule has 0 fully saturated rings. The molecule has 1 aromatic heterocycles. The molecule has 216 valence electrons. The Labute approximate surface area is 246 Å². The van der Waals surface area contributed by atoms with Crippen LogP contribution in [-0.4, -0.2) is 57.3 Å². The van der Waals surface area contributed by atoms with E-state index in [-0.39, 0.29) is 36.0 Å². The molecule has 0 saturated carbocycles. The van der Waals surface area contributed by atoms with Crippen molar-refractivity contribution in [1.82, 2.24) is 25.1 Å². The van der Waals surface area contributed by atoms with Gasteiger partial charge in [-0.05, 0) is 59.7 Å². The van der Waals surface area contributed by atoms with Gasteiger partial charge in [0.15, 0.2) is 11.0 Å². The SMILES string of the molecule is COc1ccc(C2=NN(C(=O)CSc3nnc(CNC(=O)c4ccccc4OC)n3C)[C@H](c3ccc(F)cc3)C2)cc1. The van der Waals surface area contributed by atoms with Crippen molar-refractivity contribution in [3.8, 4) is 11.5 Å². The van der Waals surface area contributed by atoms with Gasteiger partial charge in [-0.1, -0.05) is 36.0 Å². The minimum absolute atomic E-state index is 0.0522. The highest BCUT2D eigenvalue weighted by atomic mass is 32.2. The Morgan fingerprint density at radius 3 is 2.45 bits per heavy atom. The first-order valence-electron chi connectivity index (χ1n) is 13.1. The van der Waals surface area contributed by atoms with Gasteiger partial charge in [0.1, 0.15) is 17.3 Å². The number of amides is 2. The Balaban J connectivity index is 1.27. The molecule has 0 unspecified atom stereocenters. The number of rotatable bonds is 10. The van der Waals surface area contributed by atoms with Gasteiger partial charge >= 0.3 is 0 Å². The Hall–Kier alpha value is -4.71. The molecule has 5 rings (SSSR count). The standard InChI is InChI=1S/C30H29FN6O4S/c1-36-27(17-32-29(39)23-6-4-5-7-26(23)41-3)33-34-30(36)42-18-28(38)37-25(20-8-12-21(31)13-9-20)16-24(35-37)19-10-14-22(40-2)15-11-19/h4-15,25H,16-18H2,1-3H3,(H,32,39)/t25-/m0/s1. The summed E-state index contributed by atoms with van der Waals surface area (Å²) in [6.45, 7) is 0.142. The predicted octanol–water partition coefficient (Wildman–Crippen LogP) is 4.37. The second kappa shape index (κ2) is 12.9. The Morgan fingerprint density at radius 2 is 1.74 bits per heavy atom. The van der Waals surface area contributed by atoms with E-state index in [1.54, 1.807) is 55.1 Å². The van der Waals surface area contributed by atoms with Crippen molar-refractivity contribution in [1.29, 1.82) is 0 Å². The minimum atomic E-state index is -0.379. The summed E-state index contributed by atoms with van der Waals surface area (Å²) < 4.78 is 25.9. The van der Waals surface area contributed by atoms with Crippen LogP contribution in [0.4, 0.5) is 4.39 Å². The van der Waals surface area contributed by atoms with Crippen LogP contribution in [0, 0.1) is 5.82 Å². The number of halogens is 1. The molecule has 2 heterocycles. The molecule has 0 spiro atoms. The molecule has 0 bridgehead atoms. The van der Waals surface area contributed by atoms with E-state index in [1.165, 1.54) is 36.0 Å². The first-order chi connectivity index (χ1) is 20.4. The Kier molecular flexibility index (Phi) is 8.82. The van der Waals surface area contributed by atoms with E-state index >= 15 is 0 Å². The first kappa shape index (κ1) is 28.8. The zero-order valence-corrected chi connectivity index (χ0v) is 24.1. The molecule has 10 nitrogen and oxygen atoms in total. The molecule has 0 aliphatic carbocycles. The van der Waals surface area contributed by atoms with Gasteiger partial charge in [0.05, 0.1) is 43.8 Å². The highest BCUT2D eigenvalue weighted by Crippen LogP contribution is 2.34. The van der Waals surface area contributed by atoms with Crippen LogP contribution in [0.1, 0.15) is 39.8 Å². The van der Waals surface area contributed by atoms with E-state index in [0.717, 1.165) is 22.6 Å². The van der Waals surface area contributed by atoms with Crippen LogP contribution in [0.2, 0.25) is 0 Å². The third-order valence-electron chi connectivity index (χ3n) is 6.85. The van der Waals surface area contributed by atoms with Crippen molar-refractivity contribution in [2.75, 3.05) is 20.0 Å². The second-order valence-electron chi connectivity index (χ2n) is 9.41. The van der Waals surface area contributed by atoms with Gasteiger partial charge in [0.2, 0.25) is 0 Å². The fraction of sp³-hybridized carbons (Fsp3) is 0.233. The van der Waals surface area contributed by atoms with Crippen molar-refractivity contribution in [3.05, 3.63) is 101 Å². The topological polar surface area (TPSA) is 111 Å². The van der Waals surface area contributed by atoms with Crippen LogP contribution < -0.4 is 14.8 Å². The molecule has 3 aromatic carbocycles. The molecular formula is C30H29FN6O4S. The van der Waals surface area contributed by atoms with Crippen LogP contribution in [-0.2, 0) is 18.4 Å². The molecule has 1 atom stereocenters. The molecule has 4 aromatic rings. The zero-order valence-electron chi connectivity index (χ0n) is 23.3. The van der Waals surface area contributed by atoms with E-state index in [1.807, 2.05) is 24.3 Å². The summed E-state index contributed by atoms with van der Waals surface area (Å²) in [6.07, 6.45) is 0.481. The summed E-state index contributed by atoms with van der Waals surface area (Å²) in [5, 5.41) is 17.9.